The second kappa shape index (κ2) is 2.80. The second-order valence-electron chi connectivity index (χ2n) is 3.31. The van der Waals surface area contributed by atoms with E-state index in [-0.39, 0.29) is 0 Å². The quantitative estimate of drug-likeness (QED) is 0.557. The maximum Gasteiger partial charge on any atom is 0.327 e. The lowest BCUT2D eigenvalue weighted by molar-refractivity contribution is -0.700. The Hall–Kier alpha value is -1.90. The Balaban J connectivity index is 2.13. The Kier molecular flexibility index (Phi) is 1.50. The van der Waals surface area contributed by atoms with Gasteiger partial charge in [-0.1, -0.05) is 12.1 Å². The molecule has 0 aliphatic carbocycles. The molecule has 14 heavy (non-hydrogen) atoms. The molecule has 3 nitrogen and oxygen atoms in total. The average Bonchev–Trinajstić information content (AvgIpc) is 2.26. The molecular weight excluding hydrogens is 174 g/mol. The van der Waals surface area contributed by atoms with Crippen LogP contribution in [0.2, 0.25) is 0 Å². The maximum atomic E-state index is 4.53. The molecule has 0 saturated heterocycles. The van der Waals surface area contributed by atoms with Crippen molar-refractivity contribution in [1.29, 1.82) is 0 Å². The molecule has 68 valence electrons. The number of nitrogens with zero attached hydrogens (tertiary/aromatic N) is 3. The lowest BCUT2D eigenvalue weighted by atomic mass is 10.3. The largest absolute Gasteiger partial charge is 0.327 e. The highest BCUT2D eigenvalue weighted by Gasteiger charge is 2.23. The van der Waals surface area contributed by atoms with Crippen LogP contribution < -0.4 is 4.57 Å². The molecule has 1 aromatic rings. The predicted octanol–water partition coefficient (Wildman–Crippen LogP) is 1.36. The van der Waals surface area contributed by atoms with E-state index in [1.54, 1.807) is 0 Å². The van der Waals surface area contributed by atoms with Crippen molar-refractivity contribution in [2.45, 2.75) is 6.67 Å². The van der Waals surface area contributed by atoms with Crippen LogP contribution >= 0.6 is 0 Å². The van der Waals surface area contributed by atoms with Gasteiger partial charge in [-0.05, 0) is 17.1 Å². The van der Waals surface area contributed by atoms with Crippen LogP contribution in [0.1, 0.15) is 0 Å². The lowest BCUT2D eigenvalue weighted by Crippen LogP contribution is -2.47. The first-order valence-corrected chi connectivity index (χ1v) is 4.62. The van der Waals surface area contributed by atoms with E-state index in [0.717, 1.165) is 18.3 Å². The number of fused-ring (bicyclic) bond motifs is 2. The summed E-state index contributed by atoms with van der Waals surface area (Å²) >= 11 is 0. The van der Waals surface area contributed by atoms with Gasteiger partial charge >= 0.3 is 5.82 Å². The highest BCUT2D eigenvalue weighted by molar-refractivity contribution is 5.96. The number of pyridine rings is 1. The van der Waals surface area contributed by atoms with Crippen molar-refractivity contribution < 1.29 is 4.57 Å². The monoisotopic (exact) mass is 184 g/mol. The summed E-state index contributed by atoms with van der Waals surface area (Å²) in [5.41, 5.74) is 0. The fourth-order valence-corrected chi connectivity index (χ4v) is 1.66. The van der Waals surface area contributed by atoms with Gasteiger partial charge in [0.05, 0.1) is 6.20 Å². The van der Waals surface area contributed by atoms with Crippen LogP contribution in [-0.4, -0.2) is 10.7 Å². The van der Waals surface area contributed by atoms with E-state index in [4.69, 9.17) is 0 Å². The van der Waals surface area contributed by atoms with Gasteiger partial charge in [-0.2, -0.15) is 0 Å². The minimum atomic E-state index is 0.843. The van der Waals surface area contributed by atoms with Crippen LogP contribution in [0.15, 0.2) is 53.8 Å². The van der Waals surface area contributed by atoms with Gasteiger partial charge in [-0.3, -0.25) is 4.90 Å². The average molecular weight is 184 g/mol. The summed E-state index contributed by atoms with van der Waals surface area (Å²) in [7, 11) is 0. The number of hydrogen-bond donors (Lipinski definition) is 0. The maximum absolute atomic E-state index is 4.53. The van der Waals surface area contributed by atoms with Gasteiger partial charge in [-0.15, -0.1) is 0 Å². The molecule has 2 aliphatic heterocycles. The lowest BCUT2D eigenvalue weighted by Gasteiger charge is -2.21. The van der Waals surface area contributed by atoms with E-state index < -0.39 is 0 Å². The van der Waals surface area contributed by atoms with Gasteiger partial charge in [0.25, 0.3) is 5.84 Å². The SMILES string of the molecule is C1=CC2=Nc3cccc[n+]3CN2C=C1. The molecule has 0 amide bonds. The van der Waals surface area contributed by atoms with Crippen LogP contribution in [0.5, 0.6) is 0 Å². The fraction of sp³-hybridized carbons (Fsp3) is 0.0909. The third-order valence-electron chi connectivity index (χ3n) is 2.37. The molecule has 0 unspecified atom stereocenters. The van der Waals surface area contributed by atoms with Crippen LogP contribution in [0.25, 0.3) is 0 Å². The van der Waals surface area contributed by atoms with Crippen molar-refractivity contribution in [2.24, 2.45) is 4.99 Å². The molecule has 1 aromatic heterocycles. The Morgan fingerprint density at radius 2 is 2.29 bits per heavy atom. The van der Waals surface area contributed by atoms with Gasteiger partial charge in [0.1, 0.15) is 0 Å². The molecule has 0 aromatic carbocycles. The van der Waals surface area contributed by atoms with Crippen LogP contribution in [-0.2, 0) is 6.67 Å². The van der Waals surface area contributed by atoms with Gasteiger partial charge in [0, 0.05) is 18.3 Å². The molecule has 3 rings (SSSR count). The Labute approximate surface area is 82.3 Å². The zero-order chi connectivity index (χ0) is 9.38. The molecule has 0 fully saturated rings. The van der Waals surface area contributed by atoms with Crippen molar-refractivity contribution in [3.63, 3.8) is 0 Å². The zero-order valence-corrected chi connectivity index (χ0v) is 7.67. The first kappa shape index (κ1) is 7.50. The smallest absolute Gasteiger partial charge is 0.275 e. The number of rotatable bonds is 0. The third-order valence-corrected chi connectivity index (χ3v) is 2.37. The summed E-state index contributed by atoms with van der Waals surface area (Å²) in [4.78, 5) is 6.65. The minimum Gasteiger partial charge on any atom is -0.275 e. The third kappa shape index (κ3) is 1.06. The molecule has 0 N–H and O–H groups in total. The van der Waals surface area contributed by atoms with Gasteiger partial charge < -0.3 is 0 Å². The van der Waals surface area contributed by atoms with E-state index in [9.17, 15) is 0 Å². The number of hydrogen-bond acceptors (Lipinski definition) is 2. The second-order valence-corrected chi connectivity index (χ2v) is 3.31. The Bertz CT molecular complexity index is 457. The van der Waals surface area contributed by atoms with Crippen molar-refractivity contribution in [3.05, 3.63) is 48.8 Å². The first-order valence-electron chi connectivity index (χ1n) is 4.62. The van der Waals surface area contributed by atoms with Crippen LogP contribution in [0, 0.1) is 0 Å². The van der Waals surface area contributed by atoms with Crippen molar-refractivity contribution in [1.82, 2.24) is 4.90 Å². The molecular formula is C11H10N3+. The van der Waals surface area contributed by atoms with Gasteiger partial charge in [0.2, 0.25) is 0 Å². The minimum absolute atomic E-state index is 0.843. The predicted molar refractivity (Wildman–Crippen MR) is 53.9 cm³/mol. The topological polar surface area (TPSA) is 19.5 Å². The van der Waals surface area contributed by atoms with Gasteiger partial charge in [0.15, 0.2) is 6.67 Å². The van der Waals surface area contributed by atoms with Gasteiger partial charge in [-0.25, -0.2) is 4.57 Å². The van der Waals surface area contributed by atoms with E-state index in [0.29, 0.717) is 0 Å². The summed E-state index contributed by atoms with van der Waals surface area (Å²) in [6.45, 7) is 0.843. The number of amidine groups is 1. The summed E-state index contributed by atoms with van der Waals surface area (Å²) < 4.78 is 2.12. The molecule has 0 atom stereocenters. The zero-order valence-electron chi connectivity index (χ0n) is 7.67. The summed E-state index contributed by atoms with van der Waals surface area (Å²) in [5, 5.41) is 0. The van der Waals surface area contributed by atoms with Crippen LogP contribution in [0.3, 0.4) is 0 Å². The Morgan fingerprint density at radius 1 is 1.29 bits per heavy atom. The van der Waals surface area contributed by atoms with Crippen molar-refractivity contribution in [3.8, 4) is 0 Å². The first-order chi connectivity index (χ1) is 6.93. The molecule has 0 spiro atoms. The number of aliphatic imine (C=N–C) groups is 1. The molecule has 0 bridgehead atoms. The number of allylic oxidation sites excluding steroid dienone is 2. The molecule has 2 aliphatic rings. The van der Waals surface area contributed by atoms with E-state index in [1.165, 1.54) is 0 Å². The summed E-state index contributed by atoms with van der Waals surface area (Å²) in [6.07, 6.45) is 10.1. The van der Waals surface area contributed by atoms with E-state index in [1.807, 2.05) is 48.8 Å². The summed E-state index contributed by atoms with van der Waals surface area (Å²) in [6, 6.07) is 6.05. The van der Waals surface area contributed by atoms with Crippen molar-refractivity contribution >= 4 is 11.7 Å². The van der Waals surface area contributed by atoms with Crippen LogP contribution in [0.4, 0.5) is 5.82 Å². The van der Waals surface area contributed by atoms with E-state index in [2.05, 4.69) is 14.5 Å². The number of aromatic nitrogens is 1. The Morgan fingerprint density at radius 3 is 3.29 bits per heavy atom. The van der Waals surface area contributed by atoms with Crippen molar-refractivity contribution in [2.75, 3.05) is 0 Å². The molecule has 3 heterocycles. The van der Waals surface area contributed by atoms with E-state index >= 15 is 0 Å². The normalized spacial score (nSPS) is 17.4. The summed E-state index contributed by atoms with van der Waals surface area (Å²) in [5.74, 6) is 2.03. The standard InChI is InChI=1S/C11H10N3/c1-3-7-13-9-14-8-4-2-6-11(14)12-10(13)5-1/h1-8H,9H2/q+1. The highest BCUT2D eigenvalue weighted by Crippen LogP contribution is 2.14. The fourth-order valence-electron chi connectivity index (χ4n) is 1.66. The molecule has 0 saturated carbocycles. The highest BCUT2D eigenvalue weighted by atomic mass is 15.3. The molecule has 0 radical (unpaired) electrons. The molecule has 3 heteroatoms.